The summed E-state index contributed by atoms with van der Waals surface area (Å²) in [6.45, 7) is 4.09. The van der Waals surface area contributed by atoms with Gasteiger partial charge in [0.15, 0.2) is 11.0 Å². The Kier molecular flexibility index (Phi) is 5.19. The van der Waals surface area contributed by atoms with Crippen molar-refractivity contribution in [3.63, 3.8) is 0 Å². The maximum Gasteiger partial charge on any atom is 0.316 e. The number of carbonyl (C=O) groups excluding carboxylic acids is 1. The molecule has 0 atom stereocenters. The average molecular weight is 353 g/mol. The molecule has 3 aromatic rings. The number of rotatable bonds is 5. The van der Waals surface area contributed by atoms with Gasteiger partial charge < -0.3 is 4.74 Å². The number of aromatic nitrogens is 3. The van der Waals surface area contributed by atoms with Crippen LogP contribution in [0.3, 0.4) is 0 Å². The third-order valence-corrected chi connectivity index (χ3v) is 4.72. The monoisotopic (exact) mass is 353 g/mol. The minimum absolute atomic E-state index is 0.189. The zero-order valence-corrected chi connectivity index (χ0v) is 15.2. The molecule has 0 aliphatic rings. The number of esters is 1. The van der Waals surface area contributed by atoms with Crippen molar-refractivity contribution in [1.82, 2.24) is 14.8 Å². The lowest BCUT2D eigenvalue weighted by molar-refractivity contribution is -0.137. The highest BCUT2D eigenvalue weighted by molar-refractivity contribution is 7.99. The van der Waals surface area contributed by atoms with E-state index in [1.807, 2.05) is 60.9 Å². The SMILES string of the molecule is COC(=O)CSc1nnc(-c2cccc(C)c2)n1-c1ccccc1C. The van der Waals surface area contributed by atoms with Crippen molar-refractivity contribution in [1.29, 1.82) is 0 Å². The molecule has 2 aromatic carbocycles. The summed E-state index contributed by atoms with van der Waals surface area (Å²) >= 11 is 1.32. The number of ether oxygens (including phenoxy) is 1. The van der Waals surface area contributed by atoms with E-state index in [2.05, 4.69) is 16.3 Å². The summed E-state index contributed by atoms with van der Waals surface area (Å²) in [5.41, 5.74) is 4.24. The van der Waals surface area contributed by atoms with Crippen molar-refractivity contribution in [3.05, 3.63) is 59.7 Å². The molecule has 0 saturated heterocycles. The molecule has 6 heteroatoms. The van der Waals surface area contributed by atoms with Crippen LogP contribution in [0.25, 0.3) is 17.1 Å². The molecular weight excluding hydrogens is 334 g/mol. The van der Waals surface area contributed by atoms with Crippen LogP contribution in [0, 0.1) is 13.8 Å². The first-order chi connectivity index (χ1) is 12.1. The number of nitrogens with zero attached hydrogens (tertiary/aromatic N) is 3. The predicted molar refractivity (Wildman–Crippen MR) is 99.0 cm³/mol. The van der Waals surface area contributed by atoms with E-state index >= 15 is 0 Å². The Morgan fingerprint density at radius 1 is 1.12 bits per heavy atom. The van der Waals surface area contributed by atoms with Crippen LogP contribution in [0.15, 0.2) is 53.7 Å². The van der Waals surface area contributed by atoms with Crippen molar-refractivity contribution >= 4 is 17.7 Å². The molecule has 0 bridgehead atoms. The molecule has 0 amide bonds. The molecule has 0 aliphatic heterocycles. The number of para-hydroxylation sites is 1. The lowest BCUT2D eigenvalue weighted by Crippen LogP contribution is -2.06. The van der Waals surface area contributed by atoms with Crippen LogP contribution in [0.4, 0.5) is 0 Å². The van der Waals surface area contributed by atoms with Gasteiger partial charge >= 0.3 is 5.97 Å². The molecule has 5 nitrogen and oxygen atoms in total. The molecule has 1 aromatic heterocycles. The van der Waals surface area contributed by atoms with Crippen molar-refractivity contribution in [2.75, 3.05) is 12.9 Å². The Balaban J connectivity index is 2.11. The third-order valence-electron chi connectivity index (χ3n) is 3.81. The number of methoxy groups -OCH3 is 1. The highest BCUT2D eigenvalue weighted by Gasteiger charge is 2.18. The van der Waals surface area contributed by atoms with Gasteiger partial charge in [-0.1, -0.05) is 53.7 Å². The molecule has 0 radical (unpaired) electrons. The molecule has 0 aliphatic carbocycles. The van der Waals surface area contributed by atoms with Gasteiger partial charge in [-0.3, -0.25) is 9.36 Å². The zero-order valence-electron chi connectivity index (χ0n) is 14.4. The molecule has 0 unspecified atom stereocenters. The van der Waals surface area contributed by atoms with Gasteiger partial charge in [-0.25, -0.2) is 0 Å². The van der Waals surface area contributed by atoms with Gasteiger partial charge in [0.2, 0.25) is 0 Å². The van der Waals surface area contributed by atoms with E-state index in [1.54, 1.807) is 0 Å². The van der Waals surface area contributed by atoms with Crippen LogP contribution in [0.1, 0.15) is 11.1 Å². The summed E-state index contributed by atoms with van der Waals surface area (Å²) in [5, 5.41) is 9.37. The Labute approximate surface area is 151 Å². The summed E-state index contributed by atoms with van der Waals surface area (Å²) in [5.74, 6) is 0.653. The van der Waals surface area contributed by atoms with Crippen LogP contribution in [-0.4, -0.2) is 33.6 Å². The van der Waals surface area contributed by atoms with Crippen LogP contribution in [-0.2, 0) is 9.53 Å². The highest BCUT2D eigenvalue weighted by atomic mass is 32.2. The van der Waals surface area contributed by atoms with Crippen LogP contribution >= 0.6 is 11.8 Å². The van der Waals surface area contributed by atoms with E-state index < -0.39 is 0 Å². The van der Waals surface area contributed by atoms with Gasteiger partial charge in [0, 0.05) is 5.56 Å². The van der Waals surface area contributed by atoms with Gasteiger partial charge in [-0.2, -0.15) is 0 Å². The minimum atomic E-state index is -0.290. The van der Waals surface area contributed by atoms with E-state index in [0.717, 1.165) is 28.2 Å². The first-order valence-corrected chi connectivity index (χ1v) is 8.87. The van der Waals surface area contributed by atoms with Crippen molar-refractivity contribution in [2.24, 2.45) is 0 Å². The average Bonchev–Trinajstić information content (AvgIpc) is 3.03. The molecule has 0 fully saturated rings. The summed E-state index contributed by atoms with van der Waals surface area (Å²) < 4.78 is 6.73. The molecular formula is C19H19N3O2S. The van der Waals surface area contributed by atoms with Crippen molar-refractivity contribution in [3.8, 4) is 17.1 Å². The standard InChI is InChI=1S/C19H19N3O2S/c1-13-7-6-9-15(11-13)18-20-21-19(25-12-17(23)24-3)22(18)16-10-5-4-8-14(16)2/h4-11H,12H2,1-3H3. The third kappa shape index (κ3) is 3.74. The van der Waals surface area contributed by atoms with Gasteiger partial charge in [0.1, 0.15) is 0 Å². The Morgan fingerprint density at radius 3 is 2.64 bits per heavy atom. The largest absolute Gasteiger partial charge is 0.468 e. The maximum atomic E-state index is 11.5. The highest BCUT2D eigenvalue weighted by Crippen LogP contribution is 2.29. The number of carbonyl (C=O) groups is 1. The van der Waals surface area contributed by atoms with Gasteiger partial charge in [-0.15, -0.1) is 10.2 Å². The van der Waals surface area contributed by atoms with Gasteiger partial charge in [-0.05, 0) is 31.5 Å². The van der Waals surface area contributed by atoms with E-state index in [-0.39, 0.29) is 11.7 Å². The van der Waals surface area contributed by atoms with Crippen LogP contribution in [0.5, 0.6) is 0 Å². The number of hydrogen-bond acceptors (Lipinski definition) is 5. The van der Waals surface area contributed by atoms with Crippen LogP contribution < -0.4 is 0 Å². The van der Waals surface area contributed by atoms with E-state index in [1.165, 1.54) is 18.9 Å². The van der Waals surface area contributed by atoms with E-state index in [9.17, 15) is 4.79 Å². The first kappa shape index (κ1) is 17.2. The van der Waals surface area contributed by atoms with Gasteiger partial charge in [0.05, 0.1) is 18.6 Å². The topological polar surface area (TPSA) is 57.0 Å². The zero-order chi connectivity index (χ0) is 17.8. The predicted octanol–water partition coefficient (Wildman–Crippen LogP) is 3.82. The van der Waals surface area contributed by atoms with Crippen molar-refractivity contribution < 1.29 is 9.53 Å². The maximum absolute atomic E-state index is 11.5. The summed E-state index contributed by atoms with van der Waals surface area (Å²) in [6.07, 6.45) is 0. The summed E-state index contributed by atoms with van der Waals surface area (Å²) in [7, 11) is 1.38. The fourth-order valence-corrected chi connectivity index (χ4v) is 3.33. The summed E-state index contributed by atoms with van der Waals surface area (Å²) in [4.78, 5) is 11.5. The second kappa shape index (κ2) is 7.53. The molecule has 3 rings (SSSR count). The first-order valence-electron chi connectivity index (χ1n) is 7.88. The second-order valence-corrected chi connectivity index (χ2v) is 6.60. The Bertz CT molecular complexity index is 905. The molecule has 0 saturated carbocycles. The second-order valence-electron chi connectivity index (χ2n) is 5.66. The Hall–Kier alpha value is -2.60. The fraction of sp³-hybridized carbons (Fsp3) is 0.211. The quantitative estimate of drug-likeness (QED) is 0.516. The number of thioether (sulfide) groups is 1. The number of benzene rings is 2. The van der Waals surface area contributed by atoms with Crippen molar-refractivity contribution in [2.45, 2.75) is 19.0 Å². The summed E-state index contributed by atoms with van der Waals surface area (Å²) in [6, 6.07) is 16.2. The van der Waals surface area contributed by atoms with Crippen LogP contribution in [0.2, 0.25) is 0 Å². The fourth-order valence-electron chi connectivity index (χ4n) is 2.55. The molecule has 0 N–H and O–H groups in total. The molecule has 25 heavy (non-hydrogen) atoms. The lowest BCUT2D eigenvalue weighted by atomic mass is 10.1. The molecule has 1 heterocycles. The lowest BCUT2D eigenvalue weighted by Gasteiger charge is -2.13. The minimum Gasteiger partial charge on any atom is -0.468 e. The number of aryl methyl sites for hydroxylation is 2. The Morgan fingerprint density at radius 2 is 1.92 bits per heavy atom. The van der Waals surface area contributed by atoms with Gasteiger partial charge in [0.25, 0.3) is 0 Å². The smallest absolute Gasteiger partial charge is 0.316 e. The normalized spacial score (nSPS) is 10.7. The molecule has 128 valence electrons. The van der Waals surface area contributed by atoms with E-state index in [0.29, 0.717) is 5.16 Å². The molecule has 0 spiro atoms. The van der Waals surface area contributed by atoms with E-state index in [4.69, 9.17) is 4.74 Å². The number of hydrogen-bond donors (Lipinski definition) is 0.